The van der Waals surface area contributed by atoms with Crippen LogP contribution in [0.25, 0.3) is 0 Å². The Labute approximate surface area is 123 Å². The molecule has 1 N–H and O–H groups in total. The second-order valence-electron chi connectivity index (χ2n) is 4.34. The first-order valence-electron chi connectivity index (χ1n) is 6.12. The van der Waals surface area contributed by atoms with Crippen molar-refractivity contribution in [3.8, 4) is 0 Å². The van der Waals surface area contributed by atoms with Crippen LogP contribution in [0.3, 0.4) is 0 Å². The van der Waals surface area contributed by atoms with E-state index in [0.29, 0.717) is 0 Å². The van der Waals surface area contributed by atoms with E-state index in [0.717, 1.165) is 25.7 Å². The van der Waals surface area contributed by atoms with Crippen LogP contribution >= 0.6 is 0 Å². The molecule has 2 rings (SSSR count). The summed E-state index contributed by atoms with van der Waals surface area (Å²) in [5.41, 5.74) is 0. The Morgan fingerprint density at radius 1 is 0.944 bits per heavy atom. The van der Waals surface area contributed by atoms with Crippen molar-refractivity contribution in [3.05, 3.63) is 14.9 Å². The van der Waals surface area contributed by atoms with E-state index < -0.39 is 6.79 Å². The minimum absolute atomic E-state index is 0. The Morgan fingerprint density at radius 3 is 1.67 bits per heavy atom. The molecule has 3 nitrogen and oxygen atoms in total. The summed E-state index contributed by atoms with van der Waals surface area (Å²) in [6, 6.07) is 0. The van der Waals surface area contributed by atoms with E-state index in [2.05, 4.69) is 4.74 Å². The van der Waals surface area contributed by atoms with Crippen LogP contribution in [0, 0.1) is 20.8 Å². The second-order valence-corrected chi connectivity index (χ2v) is 4.34. The van der Waals surface area contributed by atoms with E-state index in [1.165, 1.54) is 32.1 Å². The van der Waals surface area contributed by atoms with Gasteiger partial charge in [-0.2, -0.15) is 0 Å². The summed E-state index contributed by atoms with van der Waals surface area (Å²) in [6.45, 7) is -0.477. The molecule has 4 heteroatoms. The third-order valence-corrected chi connectivity index (χ3v) is 3.15. The third kappa shape index (κ3) is 9.93. The van der Waals surface area contributed by atoms with Crippen LogP contribution < -0.4 is 0 Å². The zero-order valence-corrected chi connectivity index (χ0v) is 12.9. The first-order chi connectivity index (χ1) is 7.34. The van der Waals surface area contributed by atoms with Gasteiger partial charge in [0.05, 0.1) is 5.92 Å². The fourth-order valence-electron chi connectivity index (χ4n) is 2.23. The molecule has 0 bridgehead atoms. The minimum atomic E-state index is -0.477. The molecule has 0 amide bonds. The summed E-state index contributed by atoms with van der Waals surface area (Å²) in [7, 11) is 0. The molecular formula is C14H28FeO3. The first-order valence-corrected chi connectivity index (χ1v) is 6.12. The number of hydrogen-bond donors (Lipinski definition) is 1. The molecule has 0 atom stereocenters. The Morgan fingerprint density at radius 2 is 1.33 bits per heavy atom. The van der Waals surface area contributed by atoms with Gasteiger partial charge in [-0.3, -0.25) is 4.79 Å². The van der Waals surface area contributed by atoms with E-state index >= 15 is 0 Å². The van der Waals surface area contributed by atoms with Crippen LogP contribution in [0.2, 0.25) is 0 Å². The predicted octanol–water partition coefficient (Wildman–Crippen LogP) is 3.52. The van der Waals surface area contributed by atoms with Gasteiger partial charge in [-0.05, 0) is 12.8 Å². The van der Waals surface area contributed by atoms with Gasteiger partial charge >= 0.3 is 23.0 Å². The maximum atomic E-state index is 10.9. The Hall–Kier alpha value is -0.0505. The van der Waals surface area contributed by atoms with E-state index in [-0.39, 0.29) is 43.8 Å². The fraction of sp³-hybridized carbons (Fsp3) is 0.786. The van der Waals surface area contributed by atoms with Crippen molar-refractivity contribution in [1.29, 1.82) is 0 Å². The number of rotatable bonds is 2. The Balaban J connectivity index is -0.000000245. The largest absolute Gasteiger partial charge is 2.00 e. The standard InChI is InChI=1S/C7H12O3.C5H10.2CH3.Fe/c8-5-10-7(9)6-3-1-2-4-6;1-2-4-5-3-1;;;/h6,8H,1-5H2;1-5H2;2*1H3;/q;;2*-1;+2. The zero-order chi connectivity index (χ0) is 10.9. The zero-order valence-electron chi connectivity index (χ0n) is 11.8. The van der Waals surface area contributed by atoms with Crippen molar-refractivity contribution in [2.75, 3.05) is 6.79 Å². The molecular weight excluding hydrogens is 272 g/mol. The van der Waals surface area contributed by atoms with Crippen LogP contribution in [-0.4, -0.2) is 17.9 Å². The number of ether oxygens (including phenoxy) is 1. The molecule has 0 heterocycles. The van der Waals surface area contributed by atoms with Gasteiger partial charge in [0.25, 0.3) is 0 Å². The molecule has 0 aromatic carbocycles. The summed E-state index contributed by atoms with van der Waals surface area (Å²) in [5.74, 6) is -0.174. The van der Waals surface area contributed by atoms with Gasteiger partial charge in [-0.25, -0.2) is 0 Å². The van der Waals surface area contributed by atoms with Crippen molar-refractivity contribution < 1.29 is 31.7 Å². The normalized spacial score (nSPS) is 17.4. The summed E-state index contributed by atoms with van der Waals surface area (Å²) >= 11 is 0. The smallest absolute Gasteiger partial charge is 0.438 e. The van der Waals surface area contributed by atoms with Crippen LogP contribution in [0.5, 0.6) is 0 Å². The molecule has 2 aliphatic rings. The van der Waals surface area contributed by atoms with Gasteiger partial charge in [-0.1, -0.05) is 44.9 Å². The number of aliphatic hydroxyl groups excluding tert-OH is 1. The van der Waals surface area contributed by atoms with Crippen LogP contribution in [-0.2, 0) is 26.6 Å². The monoisotopic (exact) mass is 300 g/mol. The maximum Gasteiger partial charge on any atom is 2.00 e. The third-order valence-electron chi connectivity index (χ3n) is 3.15. The molecule has 0 unspecified atom stereocenters. The molecule has 0 saturated heterocycles. The number of hydrogen-bond acceptors (Lipinski definition) is 3. The molecule has 0 spiro atoms. The average Bonchev–Trinajstić information content (AvgIpc) is 2.95. The first kappa shape index (κ1) is 23.1. The SMILES string of the molecule is C1CCCC1.O=C(OCO)C1CCCC1.[CH3-].[CH3-].[Fe+2]. The molecule has 0 aromatic rings. The van der Waals surface area contributed by atoms with Crippen LogP contribution in [0.15, 0.2) is 0 Å². The van der Waals surface area contributed by atoms with Crippen molar-refractivity contribution >= 4 is 5.97 Å². The van der Waals surface area contributed by atoms with E-state index in [1.54, 1.807) is 0 Å². The molecule has 0 aromatic heterocycles. The van der Waals surface area contributed by atoms with Gasteiger partial charge in [-0.15, -0.1) is 0 Å². The molecule has 2 saturated carbocycles. The van der Waals surface area contributed by atoms with E-state index in [9.17, 15) is 4.79 Å². The molecule has 2 fully saturated rings. The van der Waals surface area contributed by atoms with Gasteiger partial charge in [0.1, 0.15) is 0 Å². The molecule has 0 aliphatic heterocycles. The summed E-state index contributed by atoms with van der Waals surface area (Å²) in [5, 5.41) is 8.25. The molecule has 110 valence electrons. The van der Waals surface area contributed by atoms with Crippen LogP contribution in [0.1, 0.15) is 57.8 Å². The van der Waals surface area contributed by atoms with Crippen molar-refractivity contribution in [2.24, 2.45) is 5.92 Å². The van der Waals surface area contributed by atoms with Gasteiger partial charge in [0, 0.05) is 0 Å². The number of aliphatic hydroxyl groups is 1. The number of esters is 1. The van der Waals surface area contributed by atoms with E-state index in [4.69, 9.17) is 5.11 Å². The van der Waals surface area contributed by atoms with Crippen molar-refractivity contribution in [2.45, 2.75) is 57.8 Å². The van der Waals surface area contributed by atoms with Gasteiger partial charge in [0.15, 0.2) is 6.79 Å². The Kier molecular flexibility index (Phi) is 19.2. The molecule has 2 aliphatic carbocycles. The van der Waals surface area contributed by atoms with Gasteiger partial charge in [0.2, 0.25) is 0 Å². The van der Waals surface area contributed by atoms with Crippen LogP contribution in [0.4, 0.5) is 0 Å². The topological polar surface area (TPSA) is 46.5 Å². The fourth-order valence-corrected chi connectivity index (χ4v) is 2.23. The van der Waals surface area contributed by atoms with Crippen molar-refractivity contribution in [3.63, 3.8) is 0 Å². The van der Waals surface area contributed by atoms with Crippen molar-refractivity contribution in [1.82, 2.24) is 0 Å². The van der Waals surface area contributed by atoms with Gasteiger partial charge < -0.3 is 24.7 Å². The second kappa shape index (κ2) is 15.0. The average molecular weight is 300 g/mol. The minimum Gasteiger partial charge on any atom is -0.438 e. The Bertz CT molecular complexity index is 168. The quantitative estimate of drug-likeness (QED) is 0.367. The number of carbonyl (C=O) groups is 1. The number of carbonyl (C=O) groups excluding carboxylic acids is 1. The summed E-state index contributed by atoms with van der Waals surface area (Å²) in [6.07, 6.45) is 11.6. The molecule has 0 radical (unpaired) electrons. The molecule has 18 heavy (non-hydrogen) atoms. The maximum absolute atomic E-state index is 10.9. The summed E-state index contributed by atoms with van der Waals surface area (Å²) in [4.78, 5) is 10.9. The summed E-state index contributed by atoms with van der Waals surface area (Å²) < 4.78 is 4.44. The predicted molar refractivity (Wildman–Crippen MR) is 71.0 cm³/mol. The van der Waals surface area contributed by atoms with E-state index in [1.807, 2.05) is 0 Å².